The van der Waals surface area contributed by atoms with E-state index in [9.17, 15) is 4.79 Å². The first-order valence-electron chi connectivity index (χ1n) is 4.67. The largest absolute Gasteiger partial charge is 0.310 e. The molecule has 82 valence electrons. The van der Waals surface area contributed by atoms with E-state index in [1.54, 1.807) is 11.8 Å². The normalized spacial score (nSPS) is 10.3. The Morgan fingerprint density at radius 1 is 1.31 bits per heavy atom. The SMILES string of the molecule is O=c1ccnc(CSc2ccccc2Cl)[nH]1. The Balaban J connectivity index is 2.08. The number of hydrogen-bond acceptors (Lipinski definition) is 3. The van der Waals surface area contributed by atoms with Gasteiger partial charge >= 0.3 is 0 Å². The summed E-state index contributed by atoms with van der Waals surface area (Å²) in [6.45, 7) is 0. The van der Waals surface area contributed by atoms with Gasteiger partial charge in [-0.3, -0.25) is 4.79 Å². The van der Waals surface area contributed by atoms with Crippen molar-refractivity contribution < 1.29 is 0 Å². The van der Waals surface area contributed by atoms with Gasteiger partial charge in [0.05, 0.1) is 10.8 Å². The summed E-state index contributed by atoms with van der Waals surface area (Å²) < 4.78 is 0. The summed E-state index contributed by atoms with van der Waals surface area (Å²) in [5, 5.41) is 0.714. The first-order chi connectivity index (χ1) is 7.75. The van der Waals surface area contributed by atoms with Gasteiger partial charge in [-0.15, -0.1) is 11.8 Å². The zero-order chi connectivity index (χ0) is 11.4. The van der Waals surface area contributed by atoms with Crippen LogP contribution in [0.25, 0.3) is 0 Å². The smallest absolute Gasteiger partial charge is 0.250 e. The molecule has 5 heteroatoms. The van der Waals surface area contributed by atoms with Crippen molar-refractivity contribution in [1.29, 1.82) is 0 Å². The predicted molar refractivity (Wildman–Crippen MR) is 65.9 cm³/mol. The van der Waals surface area contributed by atoms with Crippen LogP contribution in [0.5, 0.6) is 0 Å². The summed E-state index contributed by atoms with van der Waals surface area (Å²) in [5.74, 6) is 1.25. The third-order valence-electron chi connectivity index (χ3n) is 1.92. The van der Waals surface area contributed by atoms with E-state index < -0.39 is 0 Å². The number of rotatable bonds is 3. The van der Waals surface area contributed by atoms with E-state index in [4.69, 9.17) is 11.6 Å². The monoisotopic (exact) mass is 252 g/mol. The van der Waals surface area contributed by atoms with Gasteiger partial charge in [-0.2, -0.15) is 0 Å². The summed E-state index contributed by atoms with van der Waals surface area (Å²) in [6, 6.07) is 8.98. The van der Waals surface area contributed by atoms with Gasteiger partial charge in [0.25, 0.3) is 5.56 Å². The van der Waals surface area contributed by atoms with Gasteiger partial charge in [0.15, 0.2) is 0 Å². The van der Waals surface area contributed by atoms with Crippen LogP contribution in [-0.2, 0) is 5.75 Å². The van der Waals surface area contributed by atoms with Crippen molar-refractivity contribution >= 4 is 23.4 Å². The molecule has 0 spiro atoms. The molecule has 16 heavy (non-hydrogen) atoms. The van der Waals surface area contributed by atoms with Gasteiger partial charge < -0.3 is 4.98 Å². The summed E-state index contributed by atoms with van der Waals surface area (Å²) in [6.07, 6.45) is 1.50. The molecular weight excluding hydrogens is 244 g/mol. The third-order valence-corrected chi connectivity index (χ3v) is 3.45. The van der Waals surface area contributed by atoms with Crippen LogP contribution in [0.1, 0.15) is 5.82 Å². The van der Waals surface area contributed by atoms with Crippen LogP contribution in [-0.4, -0.2) is 9.97 Å². The summed E-state index contributed by atoms with van der Waals surface area (Å²) in [7, 11) is 0. The zero-order valence-corrected chi connectivity index (χ0v) is 9.89. The summed E-state index contributed by atoms with van der Waals surface area (Å²) in [4.78, 5) is 18.8. The number of nitrogens with one attached hydrogen (secondary N) is 1. The fourth-order valence-electron chi connectivity index (χ4n) is 1.19. The van der Waals surface area contributed by atoms with E-state index in [0.29, 0.717) is 16.6 Å². The fraction of sp³-hybridized carbons (Fsp3) is 0.0909. The highest BCUT2D eigenvalue weighted by Gasteiger charge is 2.01. The van der Waals surface area contributed by atoms with Crippen molar-refractivity contribution in [2.24, 2.45) is 0 Å². The minimum atomic E-state index is -0.134. The van der Waals surface area contributed by atoms with E-state index in [2.05, 4.69) is 9.97 Å². The molecule has 0 atom stereocenters. The molecule has 2 aromatic rings. The van der Waals surface area contributed by atoms with Crippen LogP contribution >= 0.6 is 23.4 Å². The number of thioether (sulfide) groups is 1. The second kappa shape index (κ2) is 5.18. The number of halogens is 1. The predicted octanol–water partition coefficient (Wildman–Crippen LogP) is 2.72. The highest BCUT2D eigenvalue weighted by Crippen LogP contribution is 2.28. The maximum atomic E-state index is 11.0. The first kappa shape index (κ1) is 11.2. The molecule has 1 N–H and O–H groups in total. The van der Waals surface area contributed by atoms with Crippen molar-refractivity contribution in [2.75, 3.05) is 0 Å². The molecule has 0 saturated carbocycles. The van der Waals surface area contributed by atoms with Gasteiger partial charge in [-0.05, 0) is 12.1 Å². The lowest BCUT2D eigenvalue weighted by Crippen LogP contribution is -2.07. The van der Waals surface area contributed by atoms with E-state index >= 15 is 0 Å². The Hall–Kier alpha value is -1.26. The van der Waals surface area contributed by atoms with E-state index in [1.165, 1.54) is 12.3 Å². The van der Waals surface area contributed by atoms with Crippen LogP contribution in [0.2, 0.25) is 5.02 Å². The van der Waals surface area contributed by atoms with Crippen molar-refractivity contribution in [2.45, 2.75) is 10.6 Å². The molecule has 1 heterocycles. The van der Waals surface area contributed by atoms with Gasteiger partial charge in [-0.25, -0.2) is 4.98 Å². The van der Waals surface area contributed by atoms with Gasteiger partial charge in [0, 0.05) is 17.2 Å². The Labute approximate surface area is 102 Å². The average molecular weight is 253 g/mol. The molecule has 3 nitrogen and oxygen atoms in total. The second-order valence-corrected chi connectivity index (χ2v) is 4.52. The quantitative estimate of drug-likeness (QED) is 0.855. The second-order valence-electron chi connectivity index (χ2n) is 3.10. The molecule has 0 aliphatic carbocycles. The average Bonchev–Trinajstić information content (AvgIpc) is 2.28. The standard InChI is InChI=1S/C11H9ClN2OS/c12-8-3-1-2-4-9(8)16-7-10-13-6-5-11(15)14-10/h1-6H,7H2,(H,13,14,15). The van der Waals surface area contributed by atoms with Crippen LogP contribution < -0.4 is 5.56 Å². The van der Waals surface area contributed by atoms with Crippen molar-refractivity contribution in [3.63, 3.8) is 0 Å². The summed E-state index contributed by atoms with van der Waals surface area (Å²) >= 11 is 7.55. The van der Waals surface area contributed by atoms with Gasteiger partial charge in [0.2, 0.25) is 0 Å². The number of benzene rings is 1. The van der Waals surface area contributed by atoms with Crippen molar-refractivity contribution in [3.8, 4) is 0 Å². The Bertz CT molecular complexity index is 541. The van der Waals surface area contributed by atoms with E-state index in [-0.39, 0.29) is 5.56 Å². The molecular formula is C11H9ClN2OS. The molecule has 2 rings (SSSR count). The number of H-pyrrole nitrogens is 1. The van der Waals surface area contributed by atoms with E-state index in [0.717, 1.165) is 4.90 Å². The highest BCUT2D eigenvalue weighted by atomic mass is 35.5. The third kappa shape index (κ3) is 2.87. The highest BCUT2D eigenvalue weighted by molar-refractivity contribution is 7.98. The van der Waals surface area contributed by atoms with E-state index in [1.807, 2.05) is 24.3 Å². The molecule has 0 radical (unpaired) electrons. The first-order valence-corrected chi connectivity index (χ1v) is 6.03. The Morgan fingerprint density at radius 3 is 2.88 bits per heavy atom. The molecule has 0 saturated heterocycles. The van der Waals surface area contributed by atoms with Crippen LogP contribution in [0.4, 0.5) is 0 Å². The lowest BCUT2D eigenvalue weighted by molar-refractivity contribution is 1.00. The number of aromatic nitrogens is 2. The van der Waals surface area contributed by atoms with Crippen LogP contribution in [0.15, 0.2) is 46.2 Å². The Kier molecular flexibility index (Phi) is 3.64. The molecule has 0 aliphatic heterocycles. The maximum absolute atomic E-state index is 11.0. The number of aromatic amines is 1. The molecule has 0 unspecified atom stereocenters. The van der Waals surface area contributed by atoms with Gasteiger partial charge in [-0.1, -0.05) is 23.7 Å². The molecule has 0 amide bonds. The van der Waals surface area contributed by atoms with Crippen molar-refractivity contribution in [1.82, 2.24) is 9.97 Å². The van der Waals surface area contributed by atoms with Crippen LogP contribution in [0, 0.1) is 0 Å². The molecule has 0 fully saturated rings. The minimum Gasteiger partial charge on any atom is -0.310 e. The van der Waals surface area contributed by atoms with Gasteiger partial charge in [0.1, 0.15) is 5.82 Å². The fourth-order valence-corrected chi connectivity index (χ4v) is 2.31. The minimum absolute atomic E-state index is 0.134. The van der Waals surface area contributed by atoms with Crippen molar-refractivity contribution in [3.05, 3.63) is 57.7 Å². The molecule has 0 aliphatic rings. The number of nitrogens with zero attached hydrogens (tertiary/aromatic N) is 1. The molecule has 1 aromatic carbocycles. The lowest BCUT2D eigenvalue weighted by Gasteiger charge is -2.02. The lowest BCUT2D eigenvalue weighted by atomic mass is 10.4. The zero-order valence-electron chi connectivity index (χ0n) is 8.31. The Morgan fingerprint density at radius 2 is 2.12 bits per heavy atom. The maximum Gasteiger partial charge on any atom is 0.250 e. The summed E-state index contributed by atoms with van der Waals surface area (Å²) in [5.41, 5.74) is -0.134. The molecule has 0 bridgehead atoms. The molecule has 1 aromatic heterocycles. The topological polar surface area (TPSA) is 45.8 Å². The number of hydrogen-bond donors (Lipinski definition) is 1. The van der Waals surface area contributed by atoms with Crippen LogP contribution in [0.3, 0.4) is 0 Å².